The van der Waals surface area contributed by atoms with Gasteiger partial charge in [0, 0.05) is 10.9 Å². The lowest BCUT2D eigenvalue weighted by molar-refractivity contribution is -0.117. The molecule has 23 heavy (non-hydrogen) atoms. The minimum absolute atomic E-state index is 0.118. The number of hydrogen-bond acceptors (Lipinski definition) is 3. The zero-order valence-electron chi connectivity index (χ0n) is 12.5. The molecule has 0 fully saturated rings. The first-order valence-corrected chi connectivity index (χ1v) is 7.49. The second-order valence-electron chi connectivity index (χ2n) is 5.48. The molecule has 0 aliphatic heterocycles. The van der Waals surface area contributed by atoms with Crippen LogP contribution < -0.4 is 5.73 Å². The Labute approximate surface area is 138 Å². The fraction of sp³-hybridized carbons (Fsp3) is 0.111. The summed E-state index contributed by atoms with van der Waals surface area (Å²) in [5.41, 5.74) is 9.46. The number of rotatable bonds is 3. The largest absolute Gasteiger partial charge is 0.508 e. The Hall–Kier alpha value is -2.59. The highest BCUT2D eigenvalue weighted by Crippen LogP contribution is 2.32. The number of fused-ring (bicyclic) bond motifs is 1. The number of carbonyl (C=O) groups is 1. The third-order valence-corrected chi connectivity index (χ3v) is 4.00. The van der Waals surface area contributed by atoms with E-state index in [2.05, 4.69) is 4.98 Å². The number of nitrogens with zero attached hydrogens (tertiary/aromatic N) is 1. The lowest BCUT2D eigenvalue weighted by atomic mass is 10.0. The molecule has 1 aromatic heterocycles. The normalized spacial score (nSPS) is 10.9. The summed E-state index contributed by atoms with van der Waals surface area (Å²) in [5, 5.41) is 10.9. The van der Waals surface area contributed by atoms with Crippen LogP contribution in [0.4, 0.5) is 0 Å². The van der Waals surface area contributed by atoms with Crippen molar-refractivity contribution in [3.63, 3.8) is 0 Å². The maximum absolute atomic E-state index is 11.1. The molecule has 0 radical (unpaired) electrons. The first-order chi connectivity index (χ1) is 10.9. The van der Waals surface area contributed by atoms with E-state index in [1.54, 1.807) is 12.1 Å². The van der Waals surface area contributed by atoms with Gasteiger partial charge in [0.15, 0.2) is 0 Å². The summed E-state index contributed by atoms with van der Waals surface area (Å²) in [7, 11) is 0. The Morgan fingerprint density at radius 1 is 1.22 bits per heavy atom. The van der Waals surface area contributed by atoms with Crippen LogP contribution in [0.1, 0.15) is 11.1 Å². The number of hydrogen-bond donors (Lipinski definition) is 2. The van der Waals surface area contributed by atoms with Crippen LogP contribution >= 0.6 is 11.6 Å². The van der Waals surface area contributed by atoms with E-state index in [1.165, 1.54) is 6.07 Å². The van der Waals surface area contributed by atoms with Crippen LogP contribution in [-0.4, -0.2) is 16.0 Å². The average Bonchev–Trinajstić information content (AvgIpc) is 2.47. The number of primary amides is 1. The number of aromatic nitrogens is 1. The van der Waals surface area contributed by atoms with E-state index in [-0.39, 0.29) is 18.1 Å². The second-order valence-corrected chi connectivity index (χ2v) is 5.89. The molecule has 0 bridgehead atoms. The van der Waals surface area contributed by atoms with Crippen molar-refractivity contribution in [2.24, 2.45) is 5.73 Å². The van der Waals surface area contributed by atoms with Gasteiger partial charge in [0.1, 0.15) is 5.75 Å². The van der Waals surface area contributed by atoms with Crippen molar-refractivity contribution in [2.75, 3.05) is 0 Å². The van der Waals surface area contributed by atoms with Crippen LogP contribution in [0.15, 0.2) is 42.5 Å². The number of pyridine rings is 1. The number of aromatic hydroxyl groups is 1. The van der Waals surface area contributed by atoms with E-state index < -0.39 is 0 Å². The van der Waals surface area contributed by atoms with E-state index in [1.807, 2.05) is 31.2 Å². The van der Waals surface area contributed by atoms with Gasteiger partial charge in [-0.3, -0.25) is 4.79 Å². The molecule has 0 atom stereocenters. The van der Waals surface area contributed by atoms with Crippen LogP contribution in [0.3, 0.4) is 0 Å². The summed E-state index contributed by atoms with van der Waals surface area (Å²) < 4.78 is 0. The van der Waals surface area contributed by atoms with E-state index >= 15 is 0 Å². The van der Waals surface area contributed by atoms with Crippen LogP contribution in [0, 0.1) is 6.92 Å². The number of carbonyl (C=O) groups excluding carboxylic acids is 1. The lowest BCUT2D eigenvalue weighted by Crippen LogP contribution is -2.13. The minimum atomic E-state index is -0.359. The maximum Gasteiger partial charge on any atom is 0.221 e. The zero-order valence-corrected chi connectivity index (χ0v) is 13.3. The summed E-state index contributed by atoms with van der Waals surface area (Å²) in [6, 6.07) is 12.4. The fourth-order valence-electron chi connectivity index (χ4n) is 2.60. The zero-order chi connectivity index (χ0) is 16.6. The summed E-state index contributed by atoms with van der Waals surface area (Å²) in [6.45, 7) is 1.98. The van der Waals surface area contributed by atoms with Crippen LogP contribution in [0.25, 0.3) is 22.2 Å². The fourth-order valence-corrected chi connectivity index (χ4v) is 2.87. The predicted molar refractivity (Wildman–Crippen MR) is 91.5 cm³/mol. The molecule has 116 valence electrons. The van der Waals surface area contributed by atoms with Gasteiger partial charge < -0.3 is 10.8 Å². The number of amides is 1. The highest BCUT2D eigenvalue weighted by atomic mass is 35.5. The molecule has 5 heteroatoms. The molecule has 0 aliphatic carbocycles. The Morgan fingerprint density at radius 3 is 2.70 bits per heavy atom. The van der Waals surface area contributed by atoms with Crippen LogP contribution in [0.5, 0.6) is 5.75 Å². The van der Waals surface area contributed by atoms with Gasteiger partial charge >= 0.3 is 0 Å². The molecule has 3 aromatic rings. The van der Waals surface area contributed by atoms with Gasteiger partial charge in [0.05, 0.1) is 22.7 Å². The molecular formula is C18H15ClN2O2. The molecule has 1 heterocycles. The second kappa shape index (κ2) is 5.89. The standard InChI is InChI=1S/C18H15ClN2O2/c1-10-6-17(13-4-3-12(22)9-15(13)19)21-16-5-2-11(7-14(10)16)8-18(20)23/h2-7,9,22H,8H2,1H3,(H2,20,23). The topological polar surface area (TPSA) is 76.2 Å². The summed E-state index contributed by atoms with van der Waals surface area (Å²) in [5.74, 6) is -0.241. The molecular weight excluding hydrogens is 312 g/mol. The van der Waals surface area contributed by atoms with E-state index in [0.717, 1.165) is 33.3 Å². The van der Waals surface area contributed by atoms with E-state index in [0.29, 0.717) is 5.02 Å². The third kappa shape index (κ3) is 3.12. The molecule has 3 rings (SSSR count). The average molecular weight is 327 g/mol. The molecule has 0 saturated heterocycles. The highest BCUT2D eigenvalue weighted by molar-refractivity contribution is 6.33. The van der Waals surface area contributed by atoms with Crippen molar-refractivity contribution >= 4 is 28.4 Å². The number of phenolic OH excluding ortho intramolecular Hbond substituents is 1. The maximum atomic E-state index is 11.1. The third-order valence-electron chi connectivity index (χ3n) is 3.69. The number of aryl methyl sites for hydroxylation is 1. The number of benzene rings is 2. The van der Waals surface area contributed by atoms with Gasteiger partial charge in [-0.25, -0.2) is 4.98 Å². The van der Waals surface area contributed by atoms with Gasteiger partial charge in [-0.2, -0.15) is 0 Å². The molecule has 0 saturated carbocycles. The van der Waals surface area contributed by atoms with Crippen molar-refractivity contribution < 1.29 is 9.90 Å². The van der Waals surface area contributed by atoms with Crippen molar-refractivity contribution in [2.45, 2.75) is 13.3 Å². The highest BCUT2D eigenvalue weighted by Gasteiger charge is 2.10. The SMILES string of the molecule is Cc1cc(-c2ccc(O)cc2Cl)nc2ccc(CC(N)=O)cc12. The van der Waals surface area contributed by atoms with Gasteiger partial charge in [0.2, 0.25) is 5.91 Å². The van der Waals surface area contributed by atoms with E-state index in [4.69, 9.17) is 17.3 Å². The quantitative estimate of drug-likeness (QED) is 0.772. The van der Waals surface area contributed by atoms with Gasteiger partial charge in [0.25, 0.3) is 0 Å². The van der Waals surface area contributed by atoms with Crippen LogP contribution in [-0.2, 0) is 11.2 Å². The number of nitrogens with two attached hydrogens (primary N) is 1. The van der Waals surface area contributed by atoms with E-state index in [9.17, 15) is 9.90 Å². The molecule has 1 amide bonds. The van der Waals surface area contributed by atoms with Gasteiger partial charge in [-0.1, -0.05) is 17.7 Å². The smallest absolute Gasteiger partial charge is 0.221 e. The Bertz CT molecular complexity index is 922. The molecule has 0 unspecified atom stereocenters. The summed E-state index contributed by atoms with van der Waals surface area (Å²) in [4.78, 5) is 15.7. The molecule has 3 N–H and O–H groups in total. The Morgan fingerprint density at radius 2 is 2.00 bits per heavy atom. The summed E-state index contributed by atoms with van der Waals surface area (Å²) >= 11 is 6.20. The lowest BCUT2D eigenvalue weighted by Gasteiger charge is -2.10. The van der Waals surface area contributed by atoms with Crippen molar-refractivity contribution in [3.8, 4) is 17.0 Å². The molecule has 0 spiro atoms. The predicted octanol–water partition coefficient (Wildman–Crippen LogP) is 3.60. The van der Waals surface area contributed by atoms with Crippen molar-refractivity contribution in [1.82, 2.24) is 4.98 Å². The number of phenols is 1. The van der Waals surface area contributed by atoms with Crippen LogP contribution in [0.2, 0.25) is 5.02 Å². The van der Waals surface area contributed by atoms with Gasteiger partial charge in [-0.15, -0.1) is 0 Å². The molecule has 4 nitrogen and oxygen atoms in total. The molecule has 2 aromatic carbocycles. The summed E-state index contributed by atoms with van der Waals surface area (Å²) in [6.07, 6.45) is 0.209. The first-order valence-electron chi connectivity index (χ1n) is 7.11. The monoisotopic (exact) mass is 326 g/mol. The Kier molecular flexibility index (Phi) is 3.92. The number of halogens is 1. The molecule has 0 aliphatic rings. The Balaban J connectivity index is 2.13. The first kappa shape index (κ1) is 15.3. The van der Waals surface area contributed by atoms with Crippen molar-refractivity contribution in [3.05, 3.63) is 58.6 Å². The van der Waals surface area contributed by atoms with Gasteiger partial charge in [-0.05, 0) is 54.4 Å². The minimum Gasteiger partial charge on any atom is -0.508 e. The van der Waals surface area contributed by atoms with Crippen molar-refractivity contribution in [1.29, 1.82) is 0 Å².